The van der Waals surface area contributed by atoms with Gasteiger partial charge in [-0.05, 0) is 54.8 Å². The van der Waals surface area contributed by atoms with E-state index in [0.717, 1.165) is 5.56 Å². The molecule has 0 amide bonds. The van der Waals surface area contributed by atoms with Crippen molar-refractivity contribution in [1.82, 2.24) is 0 Å². The maximum Gasteiger partial charge on any atom is 0.127 e. The topological polar surface area (TPSA) is 20.2 Å². The van der Waals surface area contributed by atoms with Crippen LogP contribution in [0.4, 0.5) is 4.39 Å². The third-order valence-corrected chi connectivity index (χ3v) is 3.66. The van der Waals surface area contributed by atoms with Gasteiger partial charge in [0.25, 0.3) is 0 Å². The van der Waals surface area contributed by atoms with Crippen molar-refractivity contribution in [1.29, 1.82) is 0 Å². The van der Waals surface area contributed by atoms with E-state index in [1.807, 2.05) is 6.92 Å². The Hall–Kier alpha value is -1.09. The van der Waals surface area contributed by atoms with Gasteiger partial charge in [-0.25, -0.2) is 4.39 Å². The highest BCUT2D eigenvalue weighted by Crippen LogP contribution is 2.32. The maximum atomic E-state index is 13.4. The SMILES string of the molecule is Cc1cc(C(O)c2ccc(Cl)cc2C)c(Cl)cc1F. The van der Waals surface area contributed by atoms with E-state index < -0.39 is 6.10 Å². The first-order valence-corrected chi connectivity index (χ1v) is 6.55. The van der Waals surface area contributed by atoms with Crippen LogP contribution in [0.1, 0.15) is 28.4 Å². The number of aryl methyl sites for hydroxylation is 2. The number of benzene rings is 2. The first-order chi connectivity index (χ1) is 8.90. The number of hydrogen-bond donors (Lipinski definition) is 1. The zero-order chi connectivity index (χ0) is 14.2. The van der Waals surface area contributed by atoms with E-state index in [1.165, 1.54) is 6.07 Å². The molecule has 1 unspecified atom stereocenters. The summed E-state index contributed by atoms with van der Waals surface area (Å²) in [4.78, 5) is 0. The van der Waals surface area contributed by atoms with Gasteiger partial charge in [-0.1, -0.05) is 29.3 Å². The molecule has 0 bridgehead atoms. The van der Waals surface area contributed by atoms with Gasteiger partial charge in [0.1, 0.15) is 11.9 Å². The summed E-state index contributed by atoms with van der Waals surface area (Å²) in [5, 5.41) is 11.2. The Balaban J connectivity index is 2.49. The second-order valence-corrected chi connectivity index (χ2v) is 5.37. The lowest BCUT2D eigenvalue weighted by Gasteiger charge is -2.16. The van der Waals surface area contributed by atoms with Crippen LogP contribution in [-0.4, -0.2) is 5.11 Å². The van der Waals surface area contributed by atoms with Gasteiger partial charge in [-0.3, -0.25) is 0 Å². The maximum absolute atomic E-state index is 13.4. The second kappa shape index (κ2) is 5.49. The molecule has 19 heavy (non-hydrogen) atoms. The van der Waals surface area contributed by atoms with Crippen LogP contribution >= 0.6 is 23.2 Å². The Morgan fingerprint density at radius 2 is 1.68 bits per heavy atom. The van der Waals surface area contributed by atoms with Crippen molar-refractivity contribution in [3.05, 3.63) is 68.4 Å². The highest BCUT2D eigenvalue weighted by molar-refractivity contribution is 6.31. The minimum Gasteiger partial charge on any atom is -0.384 e. The largest absolute Gasteiger partial charge is 0.384 e. The summed E-state index contributed by atoms with van der Waals surface area (Å²) in [5.41, 5.74) is 2.51. The van der Waals surface area contributed by atoms with Crippen LogP contribution < -0.4 is 0 Å². The van der Waals surface area contributed by atoms with E-state index in [2.05, 4.69) is 0 Å². The van der Waals surface area contributed by atoms with Crippen molar-refractivity contribution in [2.24, 2.45) is 0 Å². The zero-order valence-electron chi connectivity index (χ0n) is 10.5. The van der Waals surface area contributed by atoms with Gasteiger partial charge in [0.05, 0.1) is 0 Å². The van der Waals surface area contributed by atoms with Gasteiger partial charge in [0.2, 0.25) is 0 Å². The highest BCUT2D eigenvalue weighted by Gasteiger charge is 2.17. The number of halogens is 3. The molecule has 100 valence electrons. The summed E-state index contributed by atoms with van der Waals surface area (Å²) < 4.78 is 13.4. The summed E-state index contributed by atoms with van der Waals surface area (Å²) in [5.74, 6) is -0.381. The molecule has 0 fully saturated rings. The quantitative estimate of drug-likeness (QED) is 0.842. The minimum atomic E-state index is -0.899. The molecular formula is C15H13Cl2FO. The summed E-state index contributed by atoms with van der Waals surface area (Å²) in [6, 6.07) is 8.01. The molecule has 1 N–H and O–H groups in total. The van der Waals surface area contributed by atoms with Crippen LogP contribution in [0, 0.1) is 19.7 Å². The predicted octanol–water partition coefficient (Wildman–Crippen LogP) is 4.83. The lowest BCUT2D eigenvalue weighted by Crippen LogP contribution is -2.04. The first-order valence-electron chi connectivity index (χ1n) is 5.80. The Bertz CT molecular complexity index is 626. The lowest BCUT2D eigenvalue weighted by atomic mass is 9.96. The highest BCUT2D eigenvalue weighted by atomic mass is 35.5. The van der Waals surface area contributed by atoms with Crippen LogP contribution in [0.2, 0.25) is 10.0 Å². The minimum absolute atomic E-state index is 0.213. The fraction of sp³-hybridized carbons (Fsp3) is 0.200. The molecule has 0 spiro atoms. The molecule has 2 rings (SSSR count). The predicted molar refractivity (Wildman–Crippen MR) is 76.4 cm³/mol. The molecule has 0 radical (unpaired) electrons. The fourth-order valence-corrected chi connectivity index (χ4v) is 2.48. The molecule has 0 aliphatic carbocycles. The molecule has 1 nitrogen and oxygen atoms in total. The van der Waals surface area contributed by atoms with Crippen molar-refractivity contribution in [2.45, 2.75) is 20.0 Å². The van der Waals surface area contributed by atoms with E-state index in [9.17, 15) is 9.50 Å². The Labute approximate surface area is 121 Å². The molecule has 0 saturated heterocycles. The number of hydrogen-bond acceptors (Lipinski definition) is 1. The van der Waals surface area contributed by atoms with Crippen LogP contribution in [-0.2, 0) is 0 Å². The molecule has 0 aliphatic heterocycles. The molecule has 2 aromatic rings. The summed E-state index contributed by atoms with van der Waals surface area (Å²) in [6.45, 7) is 3.49. The Kier molecular flexibility index (Phi) is 4.14. The standard InChI is InChI=1S/C15H13Cl2FO/c1-8-5-10(16)3-4-11(8)15(19)12-6-9(2)14(18)7-13(12)17/h3-7,15,19H,1-2H3. The van der Waals surface area contributed by atoms with E-state index >= 15 is 0 Å². The molecule has 0 heterocycles. The molecular weight excluding hydrogens is 286 g/mol. The van der Waals surface area contributed by atoms with E-state index in [0.29, 0.717) is 21.7 Å². The van der Waals surface area contributed by atoms with Crippen molar-refractivity contribution in [3.8, 4) is 0 Å². The molecule has 2 aromatic carbocycles. The number of rotatable bonds is 2. The first kappa shape index (κ1) is 14.3. The second-order valence-electron chi connectivity index (χ2n) is 4.53. The average molecular weight is 299 g/mol. The van der Waals surface area contributed by atoms with Gasteiger partial charge in [0, 0.05) is 15.6 Å². The molecule has 0 aromatic heterocycles. The summed E-state index contributed by atoms with van der Waals surface area (Å²) in [6.07, 6.45) is -0.899. The van der Waals surface area contributed by atoms with E-state index in [4.69, 9.17) is 23.2 Å². The Morgan fingerprint density at radius 1 is 1.00 bits per heavy atom. The molecule has 1 atom stereocenters. The number of aliphatic hydroxyl groups is 1. The van der Waals surface area contributed by atoms with Crippen molar-refractivity contribution < 1.29 is 9.50 Å². The third-order valence-electron chi connectivity index (χ3n) is 3.10. The van der Waals surface area contributed by atoms with Crippen molar-refractivity contribution >= 4 is 23.2 Å². The van der Waals surface area contributed by atoms with Crippen LogP contribution in [0.15, 0.2) is 30.3 Å². The van der Waals surface area contributed by atoms with Gasteiger partial charge in [-0.15, -0.1) is 0 Å². The summed E-state index contributed by atoms with van der Waals surface area (Å²) >= 11 is 11.9. The van der Waals surface area contributed by atoms with E-state index in [1.54, 1.807) is 31.2 Å². The van der Waals surface area contributed by atoms with Crippen LogP contribution in [0.3, 0.4) is 0 Å². The van der Waals surface area contributed by atoms with Crippen molar-refractivity contribution in [3.63, 3.8) is 0 Å². The van der Waals surface area contributed by atoms with Gasteiger partial charge in [0.15, 0.2) is 0 Å². The zero-order valence-corrected chi connectivity index (χ0v) is 12.1. The van der Waals surface area contributed by atoms with Crippen molar-refractivity contribution in [2.75, 3.05) is 0 Å². The van der Waals surface area contributed by atoms with E-state index in [-0.39, 0.29) is 10.8 Å². The van der Waals surface area contributed by atoms with Crippen LogP contribution in [0.25, 0.3) is 0 Å². The normalized spacial score (nSPS) is 12.5. The third kappa shape index (κ3) is 2.92. The fourth-order valence-electron chi connectivity index (χ4n) is 2.00. The Morgan fingerprint density at radius 3 is 2.32 bits per heavy atom. The number of aliphatic hydroxyl groups excluding tert-OH is 1. The summed E-state index contributed by atoms with van der Waals surface area (Å²) in [7, 11) is 0. The van der Waals surface area contributed by atoms with Gasteiger partial charge >= 0.3 is 0 Å². The van der Waals surface area contributed by atoms with Gasteiger partial charge < -0.3 is 5.11 Å². The van der Waals surface area contributed by atoms with Gasteiger partial charge in [-0.2, -0.15) is 0 Å². The molecule has 4 heteroatoms. The lowest BCUT2D eigenvalue weighted by molar-refractivity contribution is 0.219. The molecule has 0 saturated carbocycles. The monoisotopic (exact) mass is 298 g/mol. The average Bonchev–Trinajstić information content (AvgIpc) is 2.33. The van der Waals surface area contributed by atoms with Crippen LogP contribution in [0.5, 0.6) is 0 Å². The smallest absolute Gasteiger partial charge is 0.127 e. The molecule has 0 aliphatic rings.